The number of benzene rings is 1. The lowest BCUT2D eigenvalue weighted by molar-refractivity contribution is 0.135. The average Bonchev–Trinajstić information content (AvgIpc) is 2.38. The zero-order chi connectivity index (χ0) is 12.8. The summed E-state index contributed by atoms with van der Waals surface area (Å²) in [5.41, 5.74) is 1.44. The number of piperazine rings is 1. The first-order valence-corrected chi connectivity index (χ1v) is 6.89. The monoisotopic (exact) mass is 247 g/mol. The molecule has 0 amide bonds. The second-order valence-corrected chi connectivity index (χ2v) is 5.39. The number of nitrogens with one attached hydrogen (secondary N) is 1. The van der Waals surface area contributed by atoms with E-state index < -0.39 is 0 Å². The molecule has 0 radical (unpaired) electrons. The maximum absolute atomic E-state index is 3.50. The Hall–Kier alpha value is -0.900. The van der Waals surface area contributed by atoms with E-state index in [1.807, 2.05) is 0 Å². The van der Waals surface area contributed by atoms with Crippen molar-refractivity contribution in [1.29, 1.82) is 0 Å². The second-order valence-electron chi connectivity index (χ2n) is 5.39. The molecule has 100 valence electrons. The summed E-state index contributed by atoms with van der Waals surface area (Å²) in [5, 5.41) is 3.50. The van der Waals surface area contributed by atoms with Crippen molar-refractivity contribution in [2.24, 2.45) is 0 Å². The molecule has 0 spiro atoms. The van der Waals surface area contributed by atoms with Crippen LogP contribution in [0.15, 0.2) is 30.3 Å². The van der Waals surface area contributed by atoms with Gasteiger partial charge in [-0.2, -0.15) is 0 Å². The van der Waals surface area contributed by atoms with E-state index in [9.17, 15) is 0 Å². The maximum Gasteiger partial charge on any atom is 0.0348 e. The van der Waals surface area contributed by atoms with Crippen LogP contribution in [0.4, 0.5) is 0 Å². The van der Waals surface area contributed by atoms with Crippen LogP contribution in [0.5, 0.6) is 0 Å². The highest BCUT2D eigenvalue weighted by molar-refractivity contribution is 5.14. The van der Waals surface area contributed by atoms with Crippen molar-refractivity contribution < 1.29 is 0 Å². The van der Waals surface area contributed by atoms with E-state index in [4.69, 9.17) is 0 Å². The van der Waals surface area contributed by atoms with E-state index in [0.717, 1.165) is 26.1 Å². The highest BCUT2D eigenvalue weighted by atomic mass is 15.2. The fourth-order valence-corrected chi connectivity index (χ4v) is 2.62. The van der Waals surface area contributed by atoms with Crippen LogP contribution in [0.2, 0.25) is 0 Å². The molecular formula is C15H25N3. The van der Waals surface area contributed by atoms with Gasteiger partial charge in [-0.3, -0.25) is 4.90 Å². The van der Waals surface area contributed by atoms with Crippen molar-refractivity contribution in [3.8, 4) is 0 Å². The minimum Gasteiger partial charge on any atom is -0.314 e. The average molecular weight is 247 g/mol. The van der Waals surface area contributed by atoms with Crippen LogP contribution in [-0.4, -0.2) is 62.7 Å². The molecule has 1 N–H and O–H groups in total. The zero-order valence-corrected chi connectivity index (χ0v) is 11.6. The van der Waals surface area contributed by atoms with Crippen LogP contribution in [0.3, 0.4) is 0 Å². The van der Waals surface area contributed by atoms with Gasteiger partial charge in [-0.05, 0) is 26.1 Å². The van der Waals surface area contributed by atoms with Crippen molar-refractivity contribution in [2.45, 2.75) is 12.5 Å². The summed E-state index contributed by atoms with van der Waals surface area (Å²) in [5.74, 6) is 0. The van der Waals surface area contributed by atoms with E-state index in [1.54, 1.807) is 0 Å². The van der Waals surface area contributed by atoms with Crippen LogP contribution in [0, 0.1) is 0 Å². The van der Waals surface area contributed by atoms with Gasteiger partial charge in [-0.15, -0.1) is 0 Å². The lowest BCUT2D eigenvalue weighted by Gasteiger charge is -2.37. The minimum absolute atomic E-state index is 0.650. The molecule has 18 heavy (non-hydrogen) atoms. The Morgan fingerprint density at radius 3 is 2.78 bits per heavy atom. The van der Waals surface area contributed by atoms with Gasteiger partial charge in [0.2, 0.25) is 0 Å². The fourth-order valence-electron chi connectivity index (χ4n) is 2.62. The quantitative estimate of drug-likeness (QED) is 0.839. The third kappa shape index (κ3) is 4.09. The zero-order valence-electron chi connectivity index (χ0n) is 11.6. The van der Waals surface area contributed by atoms with Crippen molar-refractivity contribution in [3.05, 3.63) is 35.9 Å². The predicted octanol–water partition coefficient (Wildman–Crippen LogP) is 1.06. The summed E-state index contributed by atoms with van der Waals surface area (Å²) in [7, 11) is 4.31. The molecule has 1 aliphatic rings. The number of likely N-dealkylation sites (N-methyl/N-ethyl adjacent to an activating group) is 1. The minimum atomic E-state index is 0.650. The molecule has 0 bridgehead atoms. The Morgan fingerprint density at radius 2 is 2.06 bits per heavy atom. The van der Waals surface area contributed by atoms with E-state index in [2.05, 4.69) is 59.5 Å². The molecule has 1 atom stereocenters. The Labute approximate surface area is 111 Å². The molecular weight excluding hydrogens is 222 g/mol. The molecule has 0 aromatic heterocycles. The molecule has 0 aliphatic carbocycles. The molecule has 0 saturated carbocycles. The van der Waals surface area contributed by atoms with Crippen molar-refractivity contribution in [2.75, 3.05) is 46.8 Å². The molecule has 3 heteroatoms. The van der Waals surface area contributed by atoms with Gasteiger partial charge in [-0.25, -0.2) is 0 Å². The highest BCUT2D eigenvalue weighted by Gasteiger charge is 2.21. The maximum atomic E-state index is 3.50. The summed E-state index contributed by atoms with van der Waals surface area (Å²) in [6.07, 6.45) is 1.16. The summed E-state index contributed by atoms with van der Waals surface area (Å²) in [4.78, 5) is 4.91. The summed E-state index contributed by atoms with van der Waals surface area (Å²) in [6.45, 7) is 5.73. The Bertz CT molecular complexity index is 337. The molecule has 1 aromatic carbocycles. The van der Waals surface area contributed by atoms with Crippen LogP contribution >= 0.6 is 0 Å². The van der Waals surface area contributed by atoms with Gasteiger partial charge in [0.1, 0.15) is 0 Å². The van der Waals surface area contributed by atoms with Crippen molar-refractivity contribution >= 4 is 0 Å². The van der Waals surface area contributed by atoms with E-state index >= 15 is 0 Å². The summed E-state index contributed by atoms with van der Waals surface area (Å²) >= 11 is 0. The van der Waals surface area contributed by atoms with Crippen molar-refractivity contribution in [1.82, 2.24) is 15.1 Å². The lowest BCUT2D eigenvalue weighted by atomic mass is 10.1. The van der Waals surface area contributed by atoms with Crippen LogP contribution in [0.1, 0.15) is 5.56 Å². The summed E-state index contributed by atoms with van der Waals surface area (Å²) in [6, 6.07) is 11.4. The van der Waals surface area contributed by atoms with Gasteiger partial charge in [0.15, 0.2) is 0 Å². The van der Waals surface area contributed by atoms with Gasteiger partial charge in [0, 0.05) is 38.8 Å². The molecule has 1 fully saturated rings. The third-order valence-electron chi connectivity index (χ3n) is 3.58. The fraction of sp³-hybridized carbons (Fsp3) is 0.600. The molecule has 1 unspecified atom stereocenters. The van der Waals surface area contributed by atoms with Gasteiger partial charge >= 0.3 is 0 Å². The normalized spacial score (nSPS) is 21.4. The van der Waals surface area contributed by atoms with Gasteiger partial charge < -0.3 is 10.2 Å². The summed E-state index contributed by atoms with van der Waals surface area (Å²) < 4.78 is 0. The molecule has 1 aromatic rings. The largest absolute Gasteiger partial charge is 0.314 e. The third-order valence-corrected chi connectivity index (χ3v) is 3.58. The second kappa shape index (κ2) is 6.88. The van der Waals surface area contributed by atoms with Crippen molar-refractivity contribution in [3.63, 3.8) is 0 Å². The predicted molar refractivity (Wildman–Crippen MR) is 76.9 cm³/mol. The van der Waals surface area contributed by atoms with Gasteiger partial charge in [0.05, 0.1) is 0 Å². The standard InChI is InChI=1S/C15H25N3/c1-17(2)13-15-12-16-9-11-18(15)10-8-14-6-4-3-5-7-14/h3-7,15-16H,8-13H2,1-2H3. The van der Waals surface area contributed by atoms with Gasteiger partial charge in [0.25, 0.3) is 0 Å². The molecule has 1 heterocycles. The van der Waals surface area contributed by atoms with E-state index in [0.29, 0.717) is 6.04 Å². The number of hydrogen-bond donors (Lipinski definition) is 1. The molecule has 1 aliphatic heterocycles. The number of hydrogen-bond acceptors (Lipinski definition) is 3. The van der Waals surface area contributed by atoms with Crippen LogP contribution in [0.25, 0.3) is 0 Å². The Morgan fingerprint density at radius 1 is 1.28 bits per heavy atom. The first-order valence-electron chi connectivity index (χ1n) is 6.89. The van der Waals surface area contributed by atoms with E-state index in [-0.39, 0.29) is 0 Å². The van der Waals surface area contributed by atoms with E-state index in [1.165, 1.54) is 18.7 Å². The van der Waals surface area contributed by atoms with Crippen LogP contribution < -0.4 is 5.32 Å². The smallest absolute Gasteiger partial charge is 0.0348 e. The molecule has 3 nitrogen and oxygen atoms in total. The Kier molecular flexibility index (Phi) is 5.17. The first-order chi connectivity index (χ1) is 8.75. The van der Waals surface area contributed by atoms with Crippen LogP contribution in [-0.2, 0) is 6.42 Å². The Balaban J connectivity index is 1.85. The SMILES string of the molecule is CN(C)CC1CNCCN1CCc1ccccc1. The highest BCUT2D eigenvalue weighted by Crippen LogP contribution is 2.07. The first kappa shape index (κ1) is 13.5. The van der Waals surface area contributed by atoms with Gasteiger partial charge in [-0.1, -0.05) is 30.3 Å². The number of nitrogens with zero attached hydrogens (tertiary/aromatic N) is 2. The lowest BCUT2D eigenvalue weighted by Crippen LogP contribution is -2.55. The topological polar surface area (TPSA) is 18.5 Å². The number of rotatable bonds is 5. The molecule has 2 rings (SSSR count). The molecule has 1 saturated heterocycles.